The van der Waals surface area contributed by atoms with E-state index in [4.69, 9.17) is 5.73 Å². The number of aryl methyl sites for hydroxylation is 1. The van der Waals surface area contributed by atoms with E-state index in [-0.39, 0.29) is 0 Å². The van der Waals surface area contributed by atoms with Gasteiger partial charge in [-0.05, 0) is 30.5 Å². The minimum atomic E-state index is 0.341. The minimum absolute atomic E-state index is 0.341. The molecule has 0 amide bonds. The van der Waals surface area contributed by atoms with E-state index in [1.54, 1.807) is 0 Å². The van der Waals surface area contributed by atoms with Gasteiger partial charge in [-0.2, -0.15) is 0 Å². The van der Waals surface area contributed by atoms with Crippen molar-refractivity contribution < 1.29 is 0 Å². The highest BCUT2D eigenvalue weighted by Crippen LogP contribution is 2.38. The molecule has 3 heteroatoms. The second-order valence-electron chi connectivity index (χ2n) is 5.32. The summed E-state index contributed by atoms with van der Waals surface area (Å²) in [6, 6.07) is 13.0. The van der Waals surface area contributed by atoms with E-state index in [9.17, 15) is 0 Å². The first-order chi connectivity index (χ1) is 9.22. The molecule has 1 aliphatic rings. The zero-order valence-corrected chi connectivity index (χ0v) is 11.1. The smallest absolute Gasteiger partial charge is 0.126 e. The average Bonchev–Trinajstić information content (AvgIpc) is 3.16. The van der Waals surface area contributed by atoms with Crippen molar-refractivity contribution in [2.75, 3.05) is 5.32 Å². The first-order valence-corrected chi connectivity index (χ1v) is 6.73. The van der Waals surface area contributed by atoms with Crippen LogP contribution in [0.2, 0.25) is 0 Å². The highest BCUT2D eigenvalue weighted by molar-refractivity contribution is 5.39. The van der Waals surface area contributed by atoms with Gasteiger partial charge >= 0.3 is 0 Å². The number of aromatic nitrogens is 1. The molecular formula is C16H19N3. The quantitative estimate of drug-likeness (QED) is 0.881. The average molecular weight is 253 g/mol. The Morgan fingerprint density at radius 3 is 2.53 bits per heavy atom. The second kappa shape index (κ2) is 5.02. The SMILES string of the molecule is Cc1ccc(CNc2ccc([C@H]3C[C@@H]3N)cn2)cc1. The summed E-state index contributed by atoms with van der Waals surface area (Å²) in [7, 11) is 0. The molecule has 98 valence electrons. The normalized spacial score (nSPS) is 21.2. The van der Waals surface area contributed by atoms with E-state index in [0.29, 0.717) is 12.0 Å². The molecule has 1 saturated carbocycles. The first-order valence-electron chi connectivity index (χ1n) is 6.73. The lowest BCUT2D eigenvalue weighted by atomic mass is 10.1. The maximum Gasteiger partial charge on any atom is 0.126 e. The van der Waals surface area contributed by atoms with Crippen LogP contribution in [0.3, 0.4) is 0 Å². The molecule has 3 N–H and O–H groups in total. The maximum atomic E-state index is 5.84. The monoisotopic (exact) mass is 253 g/mol. The van der Waals surface area contributed by atoms with Crippen LogP contribution in [0.15, 0.2) is 42.6 Å². The number of anilines is 1. The summed E-state index contributed by atoms with van der Waals surface area (Å²) in [5, 5.41) is 3.34. The molecule has 1 aromatic carbocycles. The summed E-state index contributed by atoms with van der Waals surface area (Å²) in [6.07, 6.45) is 3.03. The van der Waals surface area contributed by atoms with Crippen LogP contribution in [0.4, 0.5) is 5.82 Å². The van der Waals surface area contributed by atoms with Gasteiger partial charge in [0.1, 0.15) is 5.82 Å². The van der Waals surface area contributed by atoms with Gasteiger partial charge in [0.15, 0.2) is 0 Å². The third-order valence-corrected chi connectivity index (χ3v) is 3.65. The van der Waals surface area contributed by atoms with Crippen LogP contribution < -0.4 is 11.1 Å². The largest absolute Gasteiger partial charge is 0.366 e. The van der Waals surface area contributed by atoms with Crippen LogP contribution in [0.5, 0.6) is 0 Å². The van der Waals surface area contributed by atoms with Crippen molar-refractivity contribution in [3.05, 3.63) is 59.3 Å². The van der Waals surface area contributed by atoms with Gasteiger partial charge < -0.3 is 11.1 Å². The zero-order chi connectivity index (χ0) is 13.2. The molecule has 1 heterocycles. The number of pyridine rings is 1. The molecule has 0 unspecified atom stereocenters. The molecule has 0 radical (unpaired) electrons. The zero-order valence-electron chi connectivity index (χ0n) is 11.1. The minimum Gasteiger partial charge on any atom is -0.366 e. The van der Waals surface area contributed by atoms with Gasteiger partial charge in [0.2, 0.25) is 0 Å². The molecule has 19 heavy (non-hydrogen) atoms. The maximum absolute atomic E-state index is 5.84. The summed E-state index contributed by atoms with van der Waals surface area (Å²) in [4.78, 5) is 4.44. The van der Waals surface area contributed by atoms with Gasteiger partial charge in [0.05, 0.1) is 0 Å². The Labute approximate surface area is 113 Å². The fraction of sp³-hybridized carbons (Fsp3) is 0.312. The molecule has 0 aliphatic heterocycles. The third-order valence-electron chi connectivity index (χ3n) is 3.65. The van der Waals surface area contributed by atoms with Crippen LogP contribution >= 0.6 is 0 Å². The van der Waals surface area contributed by atoms with E-state index in [0.717, 1.165) is 18.8 Å². The fourth-order valence-electron chi connectivity index (χ4n) is 2.23. The van der Waals surface area contributed by atoms with Crippen molar-refractivity contribution >= 4 is 5.82 Å². The van der Waals surface area contributed by atoms with Gasteiger partial charge in [0.25, 0.3) is 0 Å². The van der Waals surface area contributed by atoms with Gasteiger partial charge in [-0.25, -0.2) is 4.98 Å². The number of hydrogen-bond acceptors (Lipinski definition) is 3. The van der Waals surface area contributed by atoms with Crippen molar-refractivity contribution in [2.24, 2.45) is 5.73 Å². The Kier molecular flexibility index (Phi) is 3.22. The molecule has 0 spiro atoms. The lowest BCUT2D eigenvalue weighted by molar-refractivity contribution is 0.978. The summed E-state index contributed by atoms with van der Waals surface area (Å²) in [6.45, 7) is 2.90. The lowest BCUT2D eigenvalue weighted by Crippen LogP contribution is -2.03. The van der Waals surface area contributed by atoms with Crippen LogP contribution in [-0.2, 0) is 6.54 Å². The fourth-order valence-corrected chi connectivity index (χ4v) is 2.23. The van der Waals surface area contributed by atoms with Gasteiger partial charge in [-0.1, -0.05) is 35.9 Å². The highest BCUT2D eigenvalue weighted by atomic mass is 15.0. The van der Waals surface area contributed by atoms with Crippen molar-refractivity contribution in [1.82, 2.24) is 4.98 Å². The van der Waals surface area contributed by atoms with E-state index in [1.165, 1.54) is 16.7 Å². The van der Waals surface area contributed by atoms with Crippen LogP contribution in [0.25, 0.3) is 0 Å². The Bertz CT molecular complexity index is 545. The number of hydrogen-bond donors (Lipinski definition) is 2. The van der Waals surface area contributed by atoms with Crippen LogP contribution in [0, 0.1) is 6.92 Å². The standard InChI is InChI=1S/C16H19N3/c1-11-2-4-12(5-3-11)9-18-16-7-6-13(10-19-16)14-8-15(14)17/h2-7,10,14-15H,8-9,17H2,1H3,(H,18,19)/t14-,15+/m1/s1. The second-order valence-corrected chi connectivity index (χ2v) is 5.32. The van der Waals surface area contributed by atoms with E-state index < -0.39 is 0 Å². The van der Waals surface area contributed by atoms with Crippen molar-refractivity contribution in [2.45, 2.75) is 31.8 Å². The Morgan fingerprint density at radius 1 is 1.21 bits per heavy atom. The topological polar surface area (TPSA) is 50.9 Å². The predicted molar refractivity (Wildman–Crippen MR) is 78.1 cm³/mol. The predicted octanol–water partition coefficient (Wildman–Crippen LogP) is 2.82. The number of rotatable bonds is 4. The molecular weight excluding hydrogens is 234 g/mol. The van der Waals surface area contributed by atoms with Gasteiger partial charge in [0, 0.05) is 24.7 Å². The number of nitrogens with zero attached hydrogens (tertiary/aromatic N) is 1. The Hall–Kier alpha value is -1.87. The van der Waals surface area contributed by atoms with Crippen molar-refractivity contribution in [3.8, 4) is 0 Å². The Morgan fingerprint density at radius 2 is 1.95 bits per heavy atom. The molecule has 2 aromatic rings. The highest BCUT2D eigenvalue weighted by Gasteiger charge is 2.34. The third kappa shape index (κ3) is 2.93. The van der Waals surface area contributed by atoms with E-state index in [1.807, 2.05) is 12.3 Å². The van der Waals surface area contributed by atoms with Gasteiger partial charge in [-0.15, -0.1) is 0 Å². The molecule has 1 aliphatic carbocycles. The summed E-state index contributed by atoms with van der Waals surface area (Å²) in [5.74, 6) is 1.44. The molecule has 0 bridgehead atoms. The molecule has 1 aromatic heterocycles. The lowest BCUT2D eigenvalue weighted by Gasteiger charge is -2.07. The first kappa shape index (κ1) is 12.2. The summed E-state index contributed by atoms with van der Waals surface area (Å²) >= 11 is 0. The number of nitrogens with one attached hydrogen (secondary N) is 1. The van der Waals surface area contributed by atoms with Crippen LogP contribution in [0.1, 0.15) is 29.0 Å². The Balaban J connectivity index is 1.59. The number of benzene rings is 1. The molecule has 3 nitrogen and oxygen atoms in total. The van der Waals surface area contributed by atoms with Gasteiger partial charge in [-0.3, -0.25) is 0 Å². The molecule has 1 fully saturated rings. The van der Waals surface area contributed by atoms with Crippen LogP contribution in [-0.4, -0.2) is 11.0 Å². The van der Waals surface area contributed by atoms with Crippen molar-refractivity contribution in [3.63, 3.8) is 0 Å². The molecule has 0 saturated heterocycles. The summed E-state index contributed by atoms with van der Waals surface area (Å²) in [5.41, 5.74) is 9.65. The van der Waals surface area contributed by atoms with E-state index in [2.05, 4.69) is 47.6 Å². The number of nitrogens with two attached hydrogens (primary N) is 1. The molecule has 3 rings (SSSR count). The molecule has 2 atom stereocenters. The van der Waals surface area contributed by atoms with E-state index >= 15 is 0 Å². The van der Waals surface area contributed by atoms with Crippen molar-refractivity contribution in [1.29, 1.82) is 0 Å². The summed E-state index contributed by atoms with van der Waals surface area (Å²) < 4.78 is 0.